The largest absolute Gasteiger partial charge is 0.467 e. The highest BCUT2D eigenvalue weighted by Crippen LogP contribution is 2.07. The van der Waals surface area contributed by atoms with Gasteiger partial charge in [0.05, 0.1) is 12.7 Å². The molecule has 0 aromatic carbocycles. The average molecular weight is 351 g/mol. The molecule has 2 N–H and O–H groups in total. The van der Waals surface area contributed by atoms with E-state index < -0.39 is 29.6 Å². The molecule has 0 aliphatic rings. The summed E-state index contributed by atoms with van der Waals surface area (Å²) in [5.74, 6) is -0.960. The Morgan fingerprint density at radius 3 is 2.56 bits per heavy atom. The molecule has 0 saturated carbocycles. The van der Waals surface area contributed by atoms with Crippen LogP contribution < -0.4 is 10.6 Å². The molecular formula is C17H25N3O5. The van der Waals surface area contributed by atoms with Crippen molar-refractivity contribution in [3.63, 3.8) is 0 Å². The number of carbonyl (C=O) groups excluding carboxylic acids is 3. The molecule has 1 atom stereocenters. The number of hydrogen-bond acceptors (Lipinski definition) is 6. The topological polar surface area (TPSA) is 107 Å². The van der Waals surface area contributed by atoms with E-state index in [0.717, 1.165) is 0 Å². The van der Waals surface area contributed by atoms with Crippen LogP contribution in [0.15, 0.2) is 24.5 Å². The van der Waals surface area contributed by atoms with E-state index in [1.807, 2.05) is 0 Å². The first-order valence-corrected chi connectivity index (χ1v) is 7.98. The normalized spacial score (nSPS) is 12.0. The van der Waals surface area contributed by atoms with Crippen molar-refractivity contribution in [2.45, 2.75) is 45.3 Å². The third kappa shape index (κ3) is 8.14. The molecule has 1 heterocycles. The molecule has 1 aromatic heterocycles. The summed E-state index contributed by atoms with van der Waals surface area (Å²) in [7, 11) is 1.25. The van der Waals surface area contributed by atoms with Gasteiger partial charge in [-0.3, -0.25) is 9.78 Å². The molecule has 0 aliphatic carbocycles. The molecule has 8 heteroatoms. The molecule has 0 spiro atoms. The van der Waals surface area contributed by atoms with Crippen LogP contribution in [0.4, 0.5) is 4.79 Å². The van der Waals surface area contributed by atoms with E-state index in [2.05, 4.69) is 15.6 Å². The zero-order valence-electron chi connectivity index (χ0n) is 15.0. The minimum atomic E-state index is -0.807. The van der Waals surface area contributed by atoms with Crippen molar-refractivity contribution >= 4 is 18.0 Å². The average Bonchev–Trinajstić information content (AvgIpc) is 2.55. The minimum absolute atomic E-state index is 0.311. The fourth-order valence-electron chi connectivity index (χ4n) is 1.94. The molecule has 0 radical (unpaired) electrons. The van der Waals surface area contributed by atoms with Crippen LogP contribution in [-0.4, -0.2) is 48.3 Å². The molecule has 25 heavy (non-hydrogen) atoms. The maximum Gasteiger partial charge on any atom is 0.407 e. The number of carbonyl (C=O) groups is 3. The zero-order valence-corrected chi connectivity index (χ0v) is 15.0. The van der Waals surface area contributed by atoms with Crippen LogP contribution in [0, 0.1) is 0 Å². The first-order valence-electron chi connectivity index (χ1n) is 7.98. The summed E-state index contributed by atoms with van der Waals surface area (Å²) in [6, 6.07) is 2.42. The smallest absolute Gasteiger partial charge is 0.407 e. The van der Waals surface area contributed by atoms with Gasteiger partial charge in [0.15, 0.2) is 0 Å². The Morgan fingerprint density at radius 1 is 1.28 bits per heavy atom. The standard InChI is InChI=1S/C17H25N3O5/c1-17(2,3)25-16(23)19-10-6-8-13(15(22)24-4)20-14(21)12-7-5-9-18-11-12/h5,7,9,11,13H,6,8,10H2,1-4H3,(H,19,23)(H,20,21). The number of amides is 2. The lowest BCUT2D eigenvalue weighted by molar-refractivity contribution is -0.143. The van der Waals surface area contributed by atoms with Gasteiger partial charge in [0, 0.05) is 18.9 Å². The van der Waals surface area contributed by atoms with Crippen LogP contribution in [0.3, 0.4) is 0 Å². The molecule has 0 fully saturated rings. The van der Waals surface area contributed by atoms with Crippen molar-refractivity contribution in [2.75, 3.05) is 13.7 Å². The number of nitrogens with one attached hydrogen (secondary N) is 2. The lowest BCUT2D eigenvalue weighted by Crippen LogP contribution is -2.42. The van der Waals surface area contributed by atoms with Crippen LogP contribution in [0.2, 0.25) is 0 Å². The Hall–Kier alpha value is -2.64. The third-order valence-electron chi connectivity index (χ3n) is 3.05. The maximum absolute atomic E-state index is 12.1. The number of alkyl carbamates (subject to hydrolysis) is 1. The quantitative estimate of drug-likeness (QED) is 0.571. The number of esters is 1. The van der Waals surface area contributed by atoms with Crippen LogP contribution in [0.5, 0.6) is 0 Å². The Balaban J connectivity index is 2.48. The minimum Gasteiger partial charge on any atom is -0.467 e. The molecule has 2 amide bonds. The number of ether oxygens (including phenoxy) is 2. The molecule has 1 aromatic rings. The lowest BCUT2D eigenvalue weighted by atomic mass is 10.1. The second-order valence-corrected chi connectivity index (χ2v) is 6.36. The van der Waals surface area contributed by atoms with Crippen LogP contribution >= 0.6 is 0 Å². The second-order valence-electron chi connectivity index (χ2n) is 6.36. The van der Waals surface area contributed by atoms with E-state index >= 15 is 0 Å². The van der Waals surface area contributed by atoms with Gasteiger partial charge < -0.3 is 20.1 Å². The number of aromatic nitrogens is 1. The highest BCUT2D eigenvalue weighted by atomic mass is 16.6. The molecule has 1 rings (SSSR count). The summed E-state index contributed by atoms with van der Waals surface area (Å²) in [5.41, 5.74) is -0.223. The van der Waals surface area contributed by atoms with Crippen molar-refractivity contribution in [2.24, 2.45) is 0 Å². The molecule has 138 valence electrons. The molecular weight excluding hydrogens is 326 g/mol. The molecule has 0 aliphatic heterocycles. The van der Waals surface area contributed by atoms with Crippen molar-refractivity contribution in [1.29, 1.82) is 0 Å². The molecule has 0 saturated heterocycles. The van der Waals surface area contributed by atoms with Crippen molar-refractivity contribution in [3.8, 4) is 0 Å². The Bertz CT molecular complexity index is 584. The first-order chi connectivity index (χ1) is 11.7. The van der Waals surface area contributed by atoms with Gasteiger partial charge in [-0.15, -0.1) is 0 Å². The summed E-state index contributed by atoms with van der Waals surface area (Å²) in [6.45, 7) is 5.63. The lowest BCUT2D eigenvalue weighted by Gasteiger charge is -2.20. The Labute approximate surface area is 147 Å². The summed E-state index contributed by atoms with van der Waals surface area (Å²) >= 11 is 0. The number of rotatable bonds is 7. The van der Waals surface area contributed by atoms with E-state index in [1.165, 1.54) is 13.3 Å². The summed E-state index contributed by atoms with van der Waals surface area (Å²) < 4.78 is 9.83. The van der Waals surface area contributed by atoms with Crippen molar-refractivity contribution in [1.82, 2.24) is 15.6 Å². The van der Waals surface area contributed by atoms with Crippen molar-refractivity contribution in [3.05, 3.63) is 30.1 Å². The molecule has 1 unspecified atom stereocenters. The molecule has 8 nitrogen and oxygen atoms in total. The Morgan fingerprint density at radius 2 is 2.00 bits per heavy atom. The van der Waals surface area contributed by atoms with Gasteiger partial charge in [-0.1, -0.05) is 0 Å². The van der Waals surface area contributed by atoms with Crippen LogP contribution in [0.1, 0.15) is 44.0 Å². The number of methoxy groups -OCH3 is 1. The SMILES string of the molecule is COC(=O)C(CCCNC(=O)OC(C)(C)C)NC(=O)c1cccnc1. The van der Waals surface area contributed by atoms with E-state index in [4.69, 9.17) is 9.47 Å². The van der Waals surface area contributed by atoms with E-state index in [-0.39, 0.29) is 0 Å². The predicted octanol–water partition coefficient (Wildman–Crippen LogP) is 1.66. The van der Waals surface area contributed by atoms with Gasteiger partial charge in [-0.2, -0.15) is 0 Å². The maximum atomic E-state index is 12.1. The summed E-state index contributed by atoms with van der Waals surface area (Å²) in [4.78, 5) is 39.4. The fraction of sp³-hybridized carbons (Fsp3) is 0.529. The van der Waals surface area contributed by atoms with Crippen LogP contribution in [0.25, 0.3) is 0 Å². The van der Waals surface area contributed by atoms with Gasteiger partial charge >= 0.3 is 12.1 Å². The fourth-order valence-corrected chi connectivity index (χ4v) is 1.94. The van der Waals surface area contributed by atoms with E-state index in [1.54, 1.807) is 39.1 Å². The van der Waals surface area contributed by atoms with Crippen molar-refractivity contribution < 1.29 is 23.9 Å². The van der Waals surface area contributed by atoms with Gasteiger partial charge in [-0.25, -0.2) is 9.59 Å². The van der Waals surface area contributed by atoms with E-state index in [9.17, 15) is 14.4 Å². The van der Waals surface area contributed by atoms with Gasteiger partial charge in [0.25, 0.3) is 5.91 Å². The third-order valence-corrected chi connectivity index (χ3v) is 3.05. The van der Waals surface area contributed by atoms with Gasteiger partial charge in [-0.05, 0) is 45.7 Å². The van der Waals surface area contributed by atoms with Crippen LogP contribution in [-0.2, 0) is 14.3 Å². The summed E-state index contributed by atoms with van der Waals surface area (Å²) in [6.07, 6.45) is 3.22. The zero-order chi connectivity index (χ0) is 18.9. The van der Waals surface area contributed by atoms with Gasteiger partial charge in [0.1, 0.15) is 11.6 Å². The van der Waals surface area contributed by atoms with Gasteiger partial charge in [0.2, 0.25) is 0 Å². The Kier molecular flexibility index (Phi) is 7.84. The number of nitrogens with zero attached hydrogens (tertiary/aromatic N) is 1. The van der Waals surface area contributed by atoms with E-state index in [0.29, 0.717) is 24.9 Å². The highest BCUT2D eigenvalue weighted by molar-refractivity contribution is 5.96. The predicted molar refractivity (Wildman–Crippen MR) is 91.0 cm³/mol. The molecule has 0 bridgehead atoms. The number of hydrogen-bond donors (Lipinski definition) is 2. The highest BCUT2D eigenvalue weighted by Gasteiger charge is 2.22. The first kappa shape index (κ1) is 20.4. The number of pyridine rings is 1. The second kappa shape index (κ2) is 9.61. The monoisotopic (exact) mass is 351 g/mol. The summed E-state index contributed by atoms with van der Waals surface area (Å²) in [5, 5.41) is 5.21.